The second-order valence-corrected chi connectivity index (χ2v) is 6.38. The summed E-state index contributed by atoms with van der Waals surface area (Å²) in [5.41, 5.74) is 5.10. The van der Waals surface area contributed by atoms with Gasteiger partial charge in [0.05, 0.1) is 6.42 Å². The minimum Gasteiger partial charge on any atom is -0.349 e. The molecule has 3 nitrogen and oxygen atoms in total. The average molecular weight is 258 g/mol. The molecule has 0 bridgehead atoms. The summed E-state index contributed by atoms with van der Waals surface area (Å²) in [5.74, 6) is 0.154. The third-order valence-electron chi connectivity index (χ3n) is 3.69. The van der Waals surface area contributed by atoms with E-state index in [0.717, 1.165) is 6.42 Å². The second-order valence-electron chi connectivity index (χ2n) is 6.38. The maximum absolute atomic E-state index is 12.1. The van der Waals surface area contributed by atoms with Crippen molar-refractivity contribution < 1.29 is 4.79 Å². The van der Waals surface area contributed by atoms with Gasteiger partial charge in [0.15, 0.2) is 0 Å². The van der Waals surface area contributed by atoms with Crippen LogP contribution in [0, 0.1) is 5.41 Å². The predicted molar refractivity (Wildman–Crippen MR) is 77.6 cm³/mol. The Morgan fingerprint density at radius 2 is 2.05 bits per heavy atom. The van der Waals surface area contributed by atoms with Crippen molar-refractivity contribution in [2.75, 3.05) is 14.1 Å². The number of hydrogen-bond acceptors (Lipinski definition) is 2. The van der Waals surface area contributed by atoms with Gasteiger partial charge in [0.2, 0.25) is 5.91 Å². The van der Waals surface area contributed by atoms with Gasteiger partial charge in [-0.1, -0.05) is 26.3 Å². The standard InChI is InChI=1S/C16H22N2O/c1-16(2,3)14-8-11-10-17-7-6-12(11)13(14)9-15(19)18(4)5/h6-7,10H,8-9H2,1-5H3. The highest BCUT2D eigenvalue weighted by atomic mass is 16.2. The zero-order valence-electron chi connectivity index (χ0n) is 12.4. The number of hydrogen-bond donors (Lipinski definition) is 0. The summed E-state index contributed by atoms with van der Waals surface area (Å²) in [5, 5.41) is 0. The van der Waals surface area contributed by atoms with Gasteiger partial charge in [-0.05, 0) is 34.6 Å². The Kier molecular flexibility index (Phi) is 3.48. The average Bonchev–Trinajstić information content (AvgIpc) is 2.68. The van der Waals surface area contributed by atoms with Crippen molar-refractivity contribution in [2.24, 2.45) is 5.41 Å². The van der Waals surface area contributed by atoms with Gasteiger partial charge >= 0.3 is 0 Å². The van der Waals surface area contributed by atoms with E-state index < -0.39 is 0 Å². The lowest BCUT2D eigenvalue weighted by atomic mass is 9.82. The van der Waals surface area contributed by atoms with E-state index >= 15 is 0 Å². The predicted octanol–water partition coefficient (Wildman–Crippen LogP) is 2.92. The molecule has 1 aromatic rings. The van der Waals surface area contributed by atoms with E-state index in [1.165, 1.54) is 22.3 Å². The van der Waals surface area contributed by atoms with Crippen LogP contribution in [0.5, 0.6) is 0 Å². The Bertz CT molecular complexity index is 536. The molecule has 1 aromatic heterocycles. The molecule has 0 aromatic carbocycles. The van der Waals surface area contributed by atoms with Gasteiger partial charge < -0.3 is 4.90 Å². The molecule has 1 aliphatic rings. The summed E-state index contributed by atoms with van der Waals surface area (Å²) in [7, 11) is 3.62. The fourth-order valence-electron chi connectivity index (χ4n) is 2.55. The molecule has 1 amide bonds. The number of nitrogens with zero attached hydrogens (tertiary/aromatic N) is 2. The lowest BCUT2D eigenvalue weighted by Crippen LogP contribution is -2.22. The maximum atomic E-state index is 12.1. The molecule has 0 saturated carbocycles. The smallest absolute Gasteiger partial charge is 0.226 e. The number of pyridine rings is 1. The van der Waals surface area contributed by atoms with Crippen molar-refractivity contribution in [3.8, 4) is 0 Å². The lowest BCUT2D eigenvalue weighted by molar-refractivity contribution is -0.127. The number of carbonyl (C=O) groups excluding carboxylic acids is 1. The number of allylic oxidation sites excluding steroid dienone is 1. The first-order chi connectivity index (χ1) is 8.80. The van der Waals surface area contributed by atoms with Crippen molar-refractivity contribution in [1.29, 1.82) is 0 Å². The molecule has 19 heavy (non-hydrogen) atoms. The van der Waals surface area contributed by atoms with E-state index in [1.54, 1.807) is 4.90 Å². The van der Waals surface area contributed by atoms with Crippen molar-refractivity contribution >= 4 is 11.5 Å². The molecule has 3 heteroatoms. The highest BCUT2D eigenvalue weighted by Crippen LogP contribution is 2.43. The van der Waals surface area contributed by atoms with Gasteiger partial charge in [-0.25, -0.2) is 0 Å². The van der Waals surface area contributed by atoms with Gasteiger partial charge in [0, 0.05) is 26.5 Å². The largest absolute Gasteiger partial charge is 0.349 e. The monoisotopic (exact) mass is 258 g/mol. The fraction of sp³-hybridized carbons (Fsp3) is 0.500. The molecule has 1 heterocycles. The van der Waals surface area contributed by atoms with Gasteiger partial charge in [-0.2, -0.15) is 0 Å². The summed E-state index contributed by atoms with van der Waals surface area (Å²) >= 11 is 0. The molecule has 0 atom stereocenters. The Hall–Kier alpha value is -1.64. The van der Waals surface area contributed by atoms with E-state index in [-0.39, 0.29) is 11.3 Å². The third kappa shape index (κ3) is 2.70. The van der Waals surface area contributed by atoms with Crippen LogP contribution in [0.3, 0.4) is 0 Å². The first kappa shape index (κ1) is 13.8. The normalized spacial score (nSPS) is 14.6. The minimum absolute atomic E-state index is 0.0843. The summed E-state index contributed by atoms with van der Waals surface area (Å²) in [6.07, 6.45) is 5.14. The topological polar surface area (TPSA) is 33.2 Å². The fourth-order valence-corrected chi connectivity index (χ4v) is 2.55. The van der Waals surface area contributed by atoms with Crippen molar-refractivity contribution in [3.05, 3.63) is 35.2 Å². The summed E-state index contributed by atoms with van der Waals surface area (Å²) in [6, 6.07) is 2.03. The van der Waals surface area contributed by atoms with Crippen LogP contribution in [0.1, 0.15) is 38.3 Å². The van der Waals surface area contributed by atoms with Crippen molar-refractivity contribution in [1.82, 2.24) is 9.88 Å². The first-order valence-electron chi connectivity index (χ1n) is 6.66. The Morgan fingerprint density at radius 1 is 1.37 bits per heavy atom. The van der Waals surface area contributed by atoms with Crippen LogP contribution in [0.4, 0.5) is 0 Å². The highest BCUT2D eigenvalue weighted by molar-refractivity contribution is 5.92. The molecule has 102 valence electrons. The number of fused-ring (bicyclic) bond motifs is 1. The molecule has 0 fully saturated rings. The zero-order valence-corrected chi connectivity index (χ0v) is 12.4. The van der Waals surface area contributed by atoms with E-state index in [9.17, 15) is 4.79 Å². The van der Waals surface area contributed by atoms with E-state index in [1.807, 2.05) is 32.6 Å². The van der Waals surface area contributed by atoms with Gasteiger partial charge in [-0.15, -0.1) is 0 Å². The molecule has 0 spiro atoms. The van der Waals surface area contributed by atoms with Crippen LogP contribution in [-0.4, -0.2) is 29.9 Å². The van der Waals surface area contributed by atoms with E-state index in [0.29, 0.717) is 6.42 Å². The van der Waals surface area contributed by atoms with Crippen LogP contribution >= 0.6 is 0 Å². The van der Waals surface area contributed by atoms with Crippen LogP contribution in [0.25, 0.3) is 5.57 Å². The highest BCUT2D eigenvalue weighted by Gasteiger charge is 2.30. The second kappa shape index (κ2) is 4.80. The first-order valence-corrected chi connectivity index (χ1v) is 6.66. The Morgan fingerprint density at radius 3 is 2.63 bits per heavy atom. The number of amides is 1. The molecule has 0 radical (unpaired) electrons. The van der Waals surface area contributed by atoms with Crippen molar-refractivity contribution in [2.45, 2.75) is 33.6 Å². The van der Waals surface area contributed by atoms with Crippen LogP contribution in [-0.2, 0) is 11.2 Å². The molecule has 0 unspecified atom stereocenters. The summed E-state index contributed by atoms with van der Waals surface area (Å²) in [4.78, 5) is 17.9. The molecule has 0 aliphatic heterocycles. The number of aromatic nitrogens is 1. The lowest BCUT2D eigenvalue weighted by Gasteiger charge is -2.23. The third-order valence-corrected chi connectivity index (χ3v) is 3.69. The Labute approximate surface area is 115 Å². The van der Waals surface area contributed by atoms with Crippen LogP contribution < -0.4 is 0 Å². The molecule has 1 aliphatic carbocycles. The summed E-state index contributed by atoms with van der Waals surface area (Å²) in [6.45, 7) is 6.63. The molecule has 0 saturated heterocycles. The molecule has 2 rings (SSSR count). The van der Waals surface area contributed by atoms with Gasteiger partial charge in [0.1, 0.15) is 0 Å². The zero-order chi connectivity index (χ0) is 14.2. The van der Waals surface area contributed by atoms with E-state index in [4.69, 9.17) is 0 Å². The molecular weight excluding hydrogens is 236 g/mol. The SMILES string of the molecule is CN(C)C(=O)CC1=C(C(C)(C)C)Cc2cnccc21. The van der Waals surface area contributed by atoms with Crippen molar-refractivity contribution in [3.63, 3.8) is 0 Å². The van der Waals surface area contributed by atoms with Crippen LogP contribution in [0.2, 0.25) is 0 Å². The molecular formula is C16H22N2O. The van der Waals surface area contributed by atoms with E-state index in [2.05, 4.69) is 25.8 Å². The van der Waals surface area contributed by atoms with Gasteiger partial charge in [-0.3, -0.25) is 9.78 Å². The minimum atomic E-state index is 0.0843. The maximum Gasteiger partial charge on any atom is 0.226 e. The van der Waals surface area contributed by atoms with Crippen LogP contribution in [0.15, 0.2) is 24.0 Å². The number of rotatable bonds is 2. The quantitative estimate of drug-likeness (QED) is 0.817. The Balaban J connectivity index is 2.44. The van der Waals surface area contributed by atoms with Gasteiger partial charge in [0.25, 0.3) is 0 Å². The molecule has 0 N–H and O–H groups in total. The summed E-state index contributed by atoms with van der Waals surface area (Å²) < 4.78 is 0. The number of carbonyl (C=O) groups is 1.